The second-order valence-electron chi connectivity index (χ2n) is 4.12. The molecule has 1 aliphatic carbocycles. The first-order valence-corrected chi connectivity index (χ1v) is 4.52. The highest BCUT2D eigenvalue weighted by atomic mass is 16.1. The van der Waals surface area contributed by atoms with Crippen LogP contribution in [0.1, 0.15) is 20.3 Å². The van der Waals surface area contributed by atoms with E-state index in [1.807, 2.05) is 12.2 Å². The molecular formula is C12H16O. The second kappa shape index (κ2) is 3.33. The van der Waals surface area contributed by atoms with Gasteiger partial charge in [-0.1, -0.05) is 32.6 Å². The molecule has 0 aromatic carbocycles. The van der Waals surface area contributed by atoms with E-state index in [1.165, 1.54) is 0 Å². The van der Waals surface area contributed by atoms with Crippen LogP contribution in [-0.2, 0) is 4.79 Å². The number of hydrogen-bond donors (Lipinski definition) is 0. The fraction of sp³-hybridized carbons (Fsp3) is 0.417. The van der Waals surface area contributed by atoms with Gasteiger partial charge in [-0.3, -0.25) is 4.79 Å². The summed E-state index contributed by atoms with van der Waals surface area (Å²) in [6.45, 7) is 11.8. The Kier molecular flexibility index (Phi) is 2.55. The van der Waals surface area contributed by atoms with Gasteiger partial charge in [0.2, 0.25) is 0 Å². The first kappa shape index (κ1) is 9.97. The maximum atomic E-state index is 11.3. The average Bonchev–Trinajstić information content (AvgIpc) is 2.07. The summed E-state index contributed by atoms with van der Waals surface area (Å²) >= 11 is 0. The van der Waals surface area contributed by atoms with Crippen molar-refractivity contribution in [1.29, 1.82) is 0 Å². The first-order valence-electron chi connectivity index (χ1n) is 4.52. The van der Waals surface area contributed by atoms with Gasteiger partial charge < -0.3 is 0 Å². The van der Waals surface area contributed by atoms with Gasteiger partial charge in [0, 0.05) is 0 Å². The fourth-order valence-corrected chi connectivity index (χ4v) is 1.75. The molecule has 0 bridgehead atoms. The molecular weight excluding hydrogens is 160 g/mol. The minimum Gasteiger partial charge on any atom is -0.290 e. The van der Waals surface area contributed by atoms with Crippen LogP contribution >= 0.6 is 0 Å². The van der Waals surface area contributed by atoms with E-state index in [9.17, 15) is 4.79 Å². The molecule has 1 nitrogen and oxygen atoms in total. The van der Waals surface area contributed by atoms with E-state index in [4.69, 9.17) is 0 Å². The maximum Gasteiger partial charge on any atom is 0.181 e. The van der Waals surface area contributed by atoms with E-state index in [0.717, 1.165) is 6.42 Å². The first-order chi connectivity index (χ1) is 5.99. The standard InChI is InChI=1S/C12H16O/c1-5-6-10-9(2)11(13)7-8-12(10,3)4/h5,7-8,10H,1-2,6H2,3-4H3. The number of rotatable bonds is 2. The lowest BCUT2D eigenvalue weighted by Gasteiger charge is -2.34. The van der Waals surface area contributed by atoms with Gasteiger partial charge in [-0.2, -0.15) is 0 Å². The third-order valence-electron chi connectivity index (χ3n) is 2.70. The highest BCUT2D eigenvalue weighted by molar-refractivity contribution is 6.05. The molecule has 0 amide bonds. The zero-order valence-electron chi connectivity index (χ0n) is 8.34. The van der Waals surface area contributed by atoms with Gasteiger partial charge in [0.05, 0.1) is 0 Å². The Morgan fingerprint density at radius 1 is 1.62 bits per heavy atom. The molecule has 0 saturated carbocycles. The van der Waals surface area contributed by atoms with Crippen molar-refractivity contribution >= 4 is 5.78 Å². The molecule has 0 aliphatic heterocycles. The van der Waals surface area contributed by atoms with Crippen LogP contribution in [-0.4, -0.2) is 5.78 Å². The Bertz CT molecular complexity index is 281. The highest BCUT2D eigenvalue weighted by Crippen LogP contribution is 2.39. The summed E-state index contributed by atoms with van der Waals surface area (Å²) in [6.07, 6.45) is 6.27. The summed E-state index contributed by atoms with van der Waals surface area (Å²) in [7, 11) is 0. The largest absolute Gasteiger partial charge is 0.290 e. The molecule has 70 valence electrons. The monoisotopic (exact) mass is 176 g/mol. The third kappa shape index (κ3) is 1.80. The van der Waals surface area contributed by atoms with Crippen LogP contribution in [0.2, 0.25) is 0 Å². The Morgan fingerprint density at radius 2 is 2.23 bits per heavy atom. The molecule has 0 aromatic heterocycles. The Balaban J connectivity index is 3.01. The van der Waals surface area contributed by atoms with Crippen LogP contribution in [0.15, 0.2) is 37.0 Å². The summed E-state index contributed by atoms with van der Waals surface area (Å²) in [5, 5.41) is 0. The van der Waals surface area contributed by atoms with Crippen molar-refractivity contribution in [3.63, 3.8) is 0 Å². The van der Waals surface area contributed by atoms with Crippen molar-refractivity contribution in [2.45, 2.75) is 20.3 Å². The molecule has 0 aromatic rings. The maximum absolute atomic E-state index is 11.3. The van der Waals surface area contributed by atoms with E-state index in [0.29, 0.717) is 5.57 Å². The minimum atomic E-state index is 0.0270. The topological polar surface area (TPSA) is 17.1 Å². The molecule has 0 N–H and O–H groups in total. The van der Waals surface area contributed by atoms with E-state index in [1.54, 1.807) is 6.08 Å². The summed E-state index contributed by atoms with van der Waals surface area (Å²) in [5.41, 5.74) is 0.742. The fourth-order valence-electron chi connectivity index (χ4n) is 1.75. The Hall–Kier alpha value is -1.11. The number of hydrogen-bond acceptors (Lipinski definition) is 1. The predicted molar refractivity (Wildman–Crippen MR) is 55.4 cm³/mol. The van der Waals surface area contributed by atoms with Gasteiger partial charge in [0.15, 0.2) is 5.78 Å². The summed E-state index contributed by atoms with van der Waals surface area (Å²) in [6, 6.07) is 0. The van der Waals surface area contributed by atoms with E-state index < -0.39 is 0 Å². The van der Waals surface area contributed by atoms with Crippen LogP contribution in [0.3, 0.4) is 0 Å². The van der Waals surface area contributed by atoms with Crippen LogP contribution in [0.25, 0.3) is 0 Å². The van der Waals surface area contributed by atoms with Crippen molar-refractivity contribution in [2.75, 3.05) is 0 Å². The molecule has 0 saturated heterocycles. The van der Waals surface area contributed by atoms with Crippen LogP contribution in [0.5, 0.6) is 0 Å². The van der Waals surface area contributed by atoms with Crippen molar-refractivity contribution in [1.82, 2.24) is 0 Å². The molecule has 0 spiro atoms. The number of ketones is 1. The lowest BCUT2D eigenvalue weighted by Crippen LogP contribution is -2.29. The van der Waals surface area contributed by atoms with Gasteiger partial charge in [0.25, 0.3) is 0 Å². The smallest absolute Gasteiger partial charge is 0.181 e. The molecule has 1 atom stereocenters. The van der Waals surface area contributed by atoms with Crippen molar-refractivity contribution < 1.29 is 4.79 Å². The zero-order valence-corrected chi connectivity index (χ0v) is 8.34. The van der Waals surface area contributed by atoms with Gasteiger partial charge in [-0.05, 0) is 29.4 Å². The normalized spacial score (nSPS) is 26.2. The van der Waals surface area contributed by atoms with Gasteiger partial charge in [-0.25, -0.2) is 0 Å². The van der Waals surface area contributed by atoms with Crippen LogP contribution < -0.4 is 0 Å². The summed E-state index contributed by atoms with van der Waals surface area (Å²) in [4.78, 5) is 11.3. The molecule has 0 fully saturated rings. The van der Waals surface area contributed by atoms with Crippen LogP contribution in [0.4, 0.5) is 0 Å². The summed E-state index contributed by atoms with van der Waals surface area (Å²) in [5.74, 6) is 0.272. The number of carbonyl (C=O) groups excluding carboxylic acids is 1. The van der Waals surface area contributed by atoms with E-state index >= 15 is 0 Å². The van der Waals surface area contributed by atoms with Gasteiger partial charge >= 0.3 is 0 Å². The molecule has 1 aliphatic rings. The van der Waals surface area contributed by atoms with Gasteiger partial charge in [-0.15, -0.1) is 6.58 Å². The highest BCUT2D eigenvalue weighted by Gasteiger charge is 2.33. The van der Waals surface area contributed by atoms with Crippen molar-refractivity contribution in [2.24, 2.45) is 11.3 Å². The van der Waals surface area contributed by atoms with Crippen molar-refractivity contribution in [3.8, 4) is 0 Å². The minimum absolute atomic E-state index is 0.0270. The number of carbonyl (C=O) groups is 1. The quantitative estimate of drug-likeness (QED) is 0.467. The zero-order chi connectivity index (χ0) is 10.1. The molecule has 1 rings (SSSR count). The van der Waals surface area contributed by atoms with Crippen molar-refractivity contribution in [3.05, 3.63) is 37.0 Å². The third-order valence-corrected chi connectivity index (χ3v) is 2.70. The second-order valence-corrected chi connectivity index (χ2v) is 4.12. The Labute approximate surface area is 79.8 Å². The average molecular weight is 176 g/mol. The molecule has 1 unspecified atom stereocenters. The number of allylic oxidation sites excluding steroid dienone is 4. The van der Waals surface area contributed by atoms with E-state index in [2.05, 4.69) is 27.0 Å². The van der Waals surface area contributed by atoms with E-state index in [-0.39, 0.29) is 17.1 Å². The summed E-state index contributed by atoms with van der Waals surface area (Å²) < 4.78 is 0. The predicted octanol–water partition coefficient (Wildman–Crippen LogP) is 2.90. The Morgan fingerprint density at radius 3 is 2.77 bits per heavy atom. The molecule has 0 radical (unpaired) electrons. The SMILES string of the molecule is C=CCC1C(=C)C(=O)C=CC1(C)C. The molecule has 13 heavy (non-hydrogen) atoms. The lowest BCUT2D eigenvalue weighted by atomic mass is 9.69. The van der Waals surface area contributed by atoms with Crippen LogP contribution in [0, 0.1) is 11.3 Å². The van der Waals surface area contributed by atoms with Gasteiger partial charge in [0.1, 0.15) is 0 Å². The molecule has 0 heterocycles. The molecule has 1 heteroatoms. The lowest BCUT2D eigenvalue weighted by molar-refractivity contribution is -0.112.